The van der Waals surface area contributed by atoms with Gasteiger partial charge in [-0.3, -0.25) is 76.9 Å². The van der Waals surface area contributed by atoms with Crippen LogP contribution in [0.4, 0.5) is 22.0 Å². The number of aliphatic carboxylic acids is 1. The van der Waals surface area contributed by atoms with Crippen molar-refractivity contribution in [2.24, 2.45) is 34.0 Å². The number of aliphatic imine (C=N–C) groups is 1. The molecular weight excluding hydrogens is 1500 g/mol. The van der Waals surface area contributed by atoms with E-state index in [1.54, 1.807) is 20.8 Å². The molecule has 5 heterocycles. The molecule has 0 aliphatic carbocycles. The normalized spacial score (nSPS) is 27.8. The highest BCUT2D eigenvalue weighted by Gasteiger charge is 2.48. The van der Waals surface area contributed by atoms with Gasteiger partial charge in [-0.1, -0.05) is 62.1 Å². The number of aliphatic hydroxyl groups is 2. The molecule has 2 bridgehead atoms. The Bertz CT molecular complexity index is 3580. The Balaban J connectivity index is 1.55. The number of guanidine groups is 1. The van der Waals surface area contributed by atoms with Crippen LogP contribution in [-0.4, -0.2) is 267 Å². The van der Waals surface area contributed by atoms with Crippen LogP contribution in [-0.2, 0) is 78.3 Å². The molecular formula is C67H99F5N18O18S2. The van der Waals surface area contributed by atoms with E-state index >= 15 is 31.9 Å². The smallest absolute Gasteiger partial charge is 0.305 e. The fraction of sp³-hybridized carbons (Fsp3) is 0.672. The molecule has 0 aromatic heterocycles. The van der Waals surface area contributed by atoms with Crippen LogP contribution < -0.4 is 75.7 Å². The molecule has 1 aromatic carbocycles. The Morgan fingerprint density at radius 1 is 0.509 bits per heavy atom. The molecule has 0 saturated carbocycles. The van der Waals surface area contributed by atoms with Crippen molar-refractivity contribution >= 4 is 116 Å². The second-order valence-corrected chi connectivity index (χ2v) is 30.1. The van der Waals surface area contributed by atoms with Gasteiger partial charge in [-0.2, -0.15) is 0 Å². The van der Waals surface area contributed by atoms with Crippen molar-refractivity contribution in [2.75, 3.05) is 57.4 Å². The maximum absolute atomic E-state index is 15.9. The third-order valence-electron chi connectivity index (χ3n) is 19.7. The van der Waals surface area contributed by atoms with Crippen molar-refractivity contribution in [1.82, 2.24) is 73.2 Å². The van der Waals surface area contributed by atoms with Gasteiger partial charge in [0.2, 0.25) is 88.5 Å². The summed E-state index contributed by atoms with van der Waals surface area (Å²) in [6, 6.07) is -23.0. The molecule has 36 nitrogen and oxygen atoms in total. The lowest BCUT2D eigenvalue weighted by molar-refractivity contribution is -0.149. The lowest BCUT2D eigenvalue weighted by atomic mass is 9.96. The molecule has 43 heteroatoms. The average molecular weight is 1600 g/mol. The van der Waals surface area contributed by atoms with Crippen molar-refractivity contribution in [3.8, 4) is 0 Å². The number of nitrogens with two attached hydrogens (primary N) is 3. The number of amides is 14. The second-order valence-electron chi connectivity index (χ2n) is 27.6. The number of unbranched alkanes of at least 4 members (excludes halogenated alkanes) is 1. The number of rotatable bonds is 18. The highest BCUT2D eigenvalue weighted by molar-refractivity contribution is 8.76. The quantitative estimate of drug-likeness (QED) is 0.0125. The number of carbonyl (C=O) groups is 15. The molecule has 14 amide bonds. The number of hydrogen-bond acceptors (Lipinski definition) is 21. The molecule has 0 radical (unpaired) electrons. The summed E-state index contributed by atoms with van der Waals surface area (Å²) in [5.41, 5.74) is 15.2. The van der Waals surface area contributed by atoms with E-state index in [1.165, 1.54) is 16.7 Å². The first-order valence-corrected chi connectivity index (χ1v) is 38.8. The van der Waals surface area contributed by atoms with Crippen LogP contribution in [0.5, 0.6) is 0 Å². The SMILES string of the molecule is CC[C@H](C)[C@@H]1NC(=O)[C@@H]2CCCN2C(=O)[C@@H]2CCCN2C(=O)[C@H]([C@@H](C)CC)NC(=O)[C@H](CO)NC(=O)[C@H](CCCCN)NC(=O)[C@H]([C@@H](C)O)NC(=O)[C@@H]2CSSC[C@H](NC1=O)C(=O)N[C@@H](Cc1c(F)c(F)c(F)c(F)c1F)C(=O)N1CCC[C@H]1C(=O)N[C@@H](CC(=O)O)C(=O)NCC(=O)N[C@@H](CCCN=C(N)N)C(=O)N2. The average Bonchev–Trinajstić information content (AvgIpc) is 1.34. The van der Waals surface area contributed by atoms with Crippen molar-refractivity contribution < 1.29 is 109 Å². The Labute approximate surface area is 637 Å². The lowest BCUT2D eigenvalue weighted by Crippen LogP contribution is -2.62. The topological polar surface area (TPSA) is 549 Å². The Kier molecular flexibility index (Phi) is 34.4. The van der Waals surface area contributed by atoms with E-state index < -0.39 is 264 Å². The number of nitrogens with zero attached hydrogens (tertiary/aromatic N) is 4. The van der Waals surface area contributed by atoms with Gasteiger partial charge in [-0.25, -0.2) is 22.0 Å². The van der Waals surface area contributed by atoms with E-state index in [0.717, 1.165) is 6.92 Å². The van der Waals surface area contributed by atoms with Gasteiger partial charge < -0.3 is 106 Å². The maximum Gasteiger partial charge on any atom is 0.305 e. The summed E-state index contributed by atoms with van der Waals surface area (Å²) in [5.74, 6) is -33.6. The van der Waals surface area contributed by atoms with E-state index in [9.17, 15) is 77.2 Å². The fourth-order valence-corrected chi connectivity index (χ4v) is 15.4. The predicted molar refractivity (Wildman–Crippen MR) is 384 cm³/mol. The molecule has 612 valence electrons. The standard InChI is InChI=1S/C67H99F5N18O18S2/c1-6-30(3)51-62(104)84-39-28-109-110-29-40(59(101)87-53(32(5)92)63(105)79-35(14-8-9-19-73)56(98)82-38(27-91)57(99)86-52(31(4)7-2)66(108)90-23-13-18-43(90)65(107)89-22-12-17-42(89)61(103)85-51)83-55(97)34(15-10-20-76-67(74)75)78-44(93)26-77-54(96)36(25-45(94)95)80-60(102)41-16-11-21-88(41)64(106)37(81-58(39)100)24-33-46(68)48(70)50(72)49(71)47(33)69/h30-32,34-43,51-53,91-92H,6-29,73H2,1-5H3,(H,77,96)(H,78,93)(H,79,105)(H,80,102)(H,81,100)(H,82,98)(H,83,97)(H,84,104)(H,85,103)(H,86,99)(H,87,101)(H,94,95)(H4,74,75,76)/t30-,31-,32+,34-,35-,36-,37-,38-,39-,40-,41-,42-,43-,51-,52-,53-/m0/s1. The summed E-state index contributed by atoms with van der Waals surface area (Å²) in [6.45, 7) is 4.84. The third-order valence-corrected chi connectivity index (χ3v) is 22.1. The molecule has 5 aliphatic rings. The zero-order chi connectivity index (χ0) is 81.5. The van der Waals surface area contributed by atoms with Gasteiger partial charge in [-0.15, -0.1) is 0 Å². The van der Waals surface area contributed by atoms with Gasteiger partial charge in [0.05, 0.1) is 25.7 Å². The first-order valence-electron chi connectivity index (χ1n) is 36.3. The molecule has 5 aliphatic heterocycles. The minimum atomic E-state index is -2.61. The molecule has 5 saturated heterocycles. The first kappa shape index (κ1) is 89.7. The maximum atomic E-state index is 15.9. The summed E-state index contributed by atoms with van der Waals surface area (Å²) in [7, 11) is 1.24. The minimum absolute atomic E-state index is 0.000756. The van der Waals surface area contributed by atoms with E-state index in [4.69, 9.17) is 17.2 Å². The van der Waals surface area contributed by atoms with E-state index in [2.05, 4.69) is 63.5 Å². The summed E-state index contributed by atoms with van der Waals surface area (Å²) >= 11 is 0. The number of benzene rings is 1. The minimum Gasteiger partial charge on any atom is -0.481 e. The molecule has 5 fully saturated rings. The summed E-state index contributed by atoms with van der Waals surface area (Å²) in [6.07, 6.45) is -4.32. The summed E-state index contributed by atoms with van der Waals surface area (Å²) < 4.78 is 76.5. The van der Waals surface area contributed by atoms with Crippen molar-refractivity contribution in [1.29, 1.82) is 0 Å². The zero-order valence-corrected chi connectivity index (χ0v) is 63.0. The second kappa shape index (κ2) is 42.3. The van der Waals surface area contributed by atoms with Crippen molar-refractivity contribution in [3.63, 3.8) is 0 Å². The molecule has 1 aromatic rings. The van der Waals surface area contributed by atoms with Gasteiger partial charge in [0.1, 0.15) is 78.5 Å². The van der Waals surface area contributed by atoms with E-state index in [0.29, 0.717) is 26.5 Å². The van der Waals surface area contributed by atoms with Crippen LogP contribution >= 0.6 is 21.6 Å². The Hall–Kier alpha value is -9.23. The highest BCUT2D eigenvalue weighted by Crippen LogP contribution is 2.31. The number of halogens is 5. The lowest BCUT2D eigenvalue weighted by Gasteiger charge is -2.35. The van der Waals surface area contributed by atoms with Crippen LogP contribution in [0.2, 0.25) is 0 Å². The van der Waals surface area contributed by atoms with Crippen LogP contribution in [0.15, 0.2) is 4.99 Å². The molecule has 16 atom stereocenters. The van der Waals surface area contributed by atoms with Crippen LogP contribution in [0, 0.1) is 40.9 Å². The third kappa shape index (κ3) is 23.9. The molecule has 0 spiro atoms. The van der Waals surface area contributed by atoms with Gasteiger partial charge in [0.25, 0.3) is 0 Å². The number of carboxylic acid groups (broad SMARTS) is 1. The number of aliphatic hydroxyl groups excluding tert-OH is 2. The zero-order valence-electron chi connectivity index (χ0n) is 61.4. The number of carboxylic acids is 1. The number of nitrogens with one attached hydrogen (secondary N) is 11. The van der Waals surface area contributed by atoms with Gasteiger partial charge in [0, 0.05) is 49.7 Å². The number of hydrogen-bond donors (Lipinski definition) is 17. The van der Waals surface area contributed by atoms with Crippen LogP contribution in [0.3, 0.4) is 0 Å². The molecule has 0 unspecified atom stereocenters. The predicted octanol–water partition coefficient (Wildman–Crippen LogP) is -4.61. The van der Waals surface area contributed by atoms with Gasteiger partial charge in [-0.05, 0) is 95.9 Å². The fourth-order valence-electron chi connectivity index (χ4n) is 13.1. The first-order chi connectivity index (χ1) is 52.1. The van der Waals surface area contributed by atoms with Crippen LogP contribution in [0.1, 0.15) is 130 Å². The van der Waals surface area contributed by atoms with Gasteiger partial charge >= 0.3 is 5.97 Å². The number of fused-ring (bicyclic) bond motifs is 8. The number of carbonyl (C=O) groups excluding carboxylic acids is 14. The van der Waals surface area contributed by atoms with Crippen molar-refractivity contribution in [3.05, 3.63) is 34.6 Å². The highest BCUT2D eigenvalue weighted by atomic mass is 33.1. The molecule has 110 heavy (non-hydrogen) atoms. The van der Waals surface area contributed by atoms with Crippen LogP contribution in [0.25, 0.3) is 0 Å². The monoisotopic (exact) mass is 1600 g/mol. The van der Waals surface area contributed by atoms with E-state index in [-0.39, 0.29) is 116 Å². The largest absolute Gasteiger partial charge is 0.481 e. The Morgan fingerprint density at radius 2 is 0.955 bits per heavy atom. The van der Waals surface area contributed by atoms with Crippen molar-refractivity contribution in [2.45, 2.75) is 216 Å². The molecule has 20 N–H and O–H groups in total. The molecule has 6 rings (SSSR count). The van der Waals surface area contributed by atoms with Gasteiger partial charge in [0.15, 0.2) is 29.2 Å². The summed E-state index contributed by atoms with van der Waals surface area (Å²) in [5, 5.41) is 58.2. The summed E-state index contributed by atoms with van der Waals surface area (Å²) in [4.78, 5) is 224. The Morgan fingerprint density at radius 3 is 1.51 bits per heavy atom. The van der Waals surface area contributed by atoms with E-state index in [1.807, 2.05) is 0 Å².